The van der Waals surface area contributed by atoms with Crippen molar-refractivity contribution in [3.05, 3.63) is 41.2 Å². The van der Waals surface area contributed by atoms with Crippen LogP contribution >= 0.6 is 0 Å². The molecular formula is C13H17N3O2. The monoisotopic (exact) mass is 247 g/mol. The van der Waals surface area contributed by atoms with E-state index >= 15 is 0 Å². The fourth-order valence-electron chi connectivity index (χ4n) is 1.94. The van der Waals surface area contributed by atoms with Gasteiger partial charge in [-0.3, -0.25) is 5.10 Å². The number of ether oxygens (including phenoxy) is 2. The molecule has 2 rings (SSSR count). The van der Waals surface area contributed by atoms with E-state index in [-0.39, 0.29) is 6.04 Å². The Balaban J connectivity index is 2.45. The molecule has 1 atom stereocenters. The van der Waals surface area contributed by atoms with E-state index in [4.69, 9.17) is 15.2 Å². The van der Waals surface area contributed by atoms with E-state index in [0.29, 0.717) is 11.5 Å². The minimum Gasteiger partial charge on any atom is -0.493 e. The summed E-state index contributed by atoms with van der Waals surface area (Å²) in [5.74, 6) is 1.38. The molecule has 0 spiro atoms. The van der Waals surface area contributed by atoms with Crippen LogP contribution in [-0.4, -0.2) is 24.4 Å². The summed E-state index contributed by atoms with van der Waals surface area (Å²) < 4.78 is 10.5. The third-order valence-electron chi connectivity index (χ3n) is 2.96. The molecule has 0 aliphatic heterocycles. The van der Waals surface area contributed by atoms with Crippen molar-refractivity contribution < 1.29 is 9.47 Å². The number of hydrogen-bond donors (Lipinski definition) is 2. The summed E-state index contributed by atoms with van der Waals surface area (Å²) >= 11 is 0. The van der Waals surface area contributed by atoms with E-state index in [1.54, 1.807) is 20.4 Å². The van der Waals surface area contributed by atoms with Crippen molar-refractivity contribution in [1.29, 1.82) is 0 Å². The van der Waals surface area contributed by atoms with Crippen LogP contribution in [0.4, 0.5) is 0 Å². The number of methoxy groups -OCH3 is 2. The molecule has 0 amide bonds. The first-order chi connectivity index (χ1) is 8.67. The van der Waals surface area contributed by atoms with Crippen LogP contribution in [0.3, 0.4) is 0 Å². The van der Waals surface area contributed by atoms with Gasteiger partial charge in [-0.15, -0.1) is 0 Å². The van der Waals surface area contributed by atoms with Gasteiger partial charge in [0.2, 0.25) is 0 Å². The van der Waals surface area contributed by atoms with Gasteiger partial charge >= 0.3 is 0 Å². The molecule has 5 nitrogen and oxygen atoms in total. The second-order valence-corrected chi connectivity index (χ2v) is 4.05. The predicted octanol–water partition coefficient (Wildman–Crippen LogP) is 1.78. The second kappa shape index (κ2) is 5.10. The molecule has 0 radical (unpaired) electrons. The largest absolute Gasteiger partial charge is 0.493 e. The Kier molecular flexibility index (Phi) is 3.53. The zero-order chi connectivity index (χ0) is 13.1. The van der Waals surface area contributed by atoms with Gasteiger partial charge in [0.25, 0.3) is 0 Å². The number of aromatic amines is 1. The number of rotatable bonds is 4. The van der Waals surface area contributed by atoms with Gasteiger partial charge in [-0.1, -0.05) is 0 Å². The van der Waals surface area contributed by atoms with Gasteiger partial charge in [-0.2, -0.15) is 5.10 Å². The SMILES string of the molecule is COc1cc(C)c(C(N)c2ccn[nH]2)cc1OC. The normalized spacial score (nSPS) is 12.2. The van der Waals surface area contributed by atoms with Crippen LogP contribution in [0.5, 0.6) is 11.5 Å². The molecule has 0 saturated heterocycles. The van der Waals surface area contributed by atoms with Crippen molar-refractivity contribution in [2.75, 3.05) is 14.2 Å². The number of aryl methyl sites for hydroxylation is 1. The highest BCUT2D eigenvalue weighted by atomic mass is 16.5. The highest BCUT2D eigenvalue weighted by Gasteiger charge is 2.16. The summed E-state index contributed by atoms with van der Waals surface area (Å²) in [5.41, 5.74) is 9.11. The number of nitrogens with two attached hydrogens (primary N) is 1. The summed E-state index contributed by atoms with van der Waals surface area (Å²) in [7, 11) is 3.23. The van der Waals surface area contributed by atoms with Gasteiger partial charge in [0.15, 0.2) is 11.5 Å². The van der Waals surface area contributed by atoms with Crippen molar-refractivity contribution in [2.45, 2.75) is 13.0 Å². The second-order valence-electron chi connectivity index (χ2n) is 4.05. The molecule has 0 bridgehead atoms. The lowest BCUT2D eigenvalue weighted by Gasteiger charge is -2.16. The third kappa shape index (κ3) is 2.17. The van der Waals surface area contributed by atoms with E-state index < -0.39 is 0 Å². The van der Waals surface area contributed by atoms with E-state index in [9.17, 15) is 0 Å². The highest BCUT2D eigenvalue weighted by Crippen LogP contribution is 2.33. The maximum atomic E-state index is 6.21. The predicted molar refractivity (Wildman–Crippen MR) is 68.9 cm³/mol. The van der Waals surface area contributed by atoms with Crippen LogP contribution in [0, 0.1) is 6.92 Å². The minimum absolute atomic E-state index is 0.257. The third-order valence-corrected chi connectivity index (χ3v) is 2.96. The zero-order valence-electron chi connectivity index (χ0n) is 10.7. The summed E-state index contributed by atoms with van der Waals surface area (Å²) in [6, 6.07) is 5.43. The van der Waals surface area contributed by atoms with Crippen molar-refractivity contribution in [3.8, 4) is 11.5 Å². The molecule has 3 N–H and O–H groups in total. The number of nitrogens with zero attached hydrogens (tertiary/aromatic N) is 1. The number of nitrogens with one attached hydrogen (secondary N) is 1. The Labute approximate surface area is 106 Å². The summed E-state index contributed by atoms with van der Waals surface area (Å²) in [6.07, 6.45) is 1.69. The minimum atomic E-state index is -0.257. The van der Waals surface area contributed by atoms with Gasteiger partial charge in [0.1, 0.15) is 0 Å². The van der Waals surface area contributed by atoms with Crippen LogP contribution in [0.15, 0.2) is 24.4 Å². The first-order valence-corrected chi connectivity index (χ1v) is 5.64. The Morgan fingerprint density at radius 1 is 1.22 bits per heavy atom. The molecule has 1 aromatic heterocycles. The fourth-order valence-corrected chi connectivity index (χ4v) is 1.94. The van der Waals surface area contributed by atoms with Gasteiger partial charge < -0.3 is 15.2 Å². The average Bonchev–Trinajstić information content (AvgIpc) is 2.91. The molecule has 2 aromatic rings. The van der Waals surface area contributed by atoms with E-state index in [1.807, 2.05) is 25.1 Å². The topological polar surface area (TPSA) is 73.2 Å². The van der Waals surface area contributed by atoms with Crippen molar-refractivity contribution in [1.82, 2.24) is 10.2 Å². The van der Waals surface area contributed by atoms with Gasteiger partial charge in [0, 0.05) is 6.20 Å². The van der Waals surface area contributed by atoms with Gasteiger partial charge in [-0.25, -0.2) is 0 Å². The van der Waals surface area contributed by atoms with Crippen LogP contribution < -0.4 is 15.2 Å². The Morgan fingerprint density at radius 3 is 2.44 bits per heavy atom. The van der Waals surface area contributed by atoms with Crippen molar-refractivity contribution >= 4 is 0 Å². The number of aromatic nitrogens is 2. The van der Waals surface area contributed by atoms with Crippen molar-refractivity contribution in [2.24, 2.45) is 5.73 Å². The molecular weight excluding hydrogens is 230 g/mol. The zero-order valence-corrected chi connectivity index (χ0v) is 10.7. The molecule has 0 aliphatic rings. The lowest BCUT2D eigenvalue weighted by atomic mass is 9.99. The highest BCUT2D eigenvalue weighted by molar-refractivity contribution is 5.49. The van der Waals surface area contributed by atoms with Crippen LogP contribution in [0.25, 0.3) is 0 Å². The summed E-state index contributed by atoms with van der Waals surface area (Å²) in [5, 5.41) is 6.80. The Morgan fingerprint density at radius 2 is 1.89 bits per heavy atom. The first-order valence-electron chi connectivity index (χ1n) is 5.64. The lowest BCUT2D eigenvalue weighted by molar-refractivity contribution is 0.354. The van der Waals surface area contributed by atoms with Crippen LogP contribution in [0.2, 0.25) is 0 Å². The van der Waals surface area contributed by atoms with Crippen LogP contribution in [-0.2, 0) is 0 Å². The average molecular weight is 247 g/mol. The Hall–Kier alpha value is -2.01. The maximum absolute atomic E-state index is 6.21. The number of benzene rings is 1. The lowest BCUT2D eigenvalue weighted by Crippen LogP contribution is -2.14. The molecule has 5 heteroatoms. The summed E-state index contributed by atoms with van der Waals surface area (Å²) in [6.45, 7) is 1.99. The molecule has 0 fully saturated rings. The van der Waals surface area contributed by atoms with Gasteiger partial charge in [0.05, 0.1) is 26.0 Å². The van der Waals surface area contributed by atoms with Crippen molar-refractivity contribution in [3.63, 3.8) is 0 Å². The molecule has 1 unspecified atom stereocenters. The molecule has 18 heavy (non-hydrogen) atoms. The molecule has 0 saturated carbocycles. The fraction of sp³-hybridized carbons (Fsp3) is 0.308. The van der Waals surface area contributed by atoms with E-state index in [2.05, 4.69) is 10.2 Å². The van der Waals surface area contributed by atoms with Gasteiger partial charge in [-0.05, 0) is 36.2 Å². The molecule has 1 aromatic carbocycles. The summed E-state index contributed by atoms with van der Waals surface area (Å²) in [4.78, 5) is 0. The smallest absolute Gasteiger partial charge is 0.161 e. The molecule has 96 valence electrons. The standard InChI is InChI=1S/C13H17N3O2/c1-8-6-11(17-2)12(18-3)7-9(8)13(14)10-4-5-15-16-10/h4-7,13H,14H2,1-3H3,(H,15,16). The maximum Gasteiger partial charge on any atom is 0.161 e. The Bertz CT molecular complexity index is 523. The first kappa shape index (κ1) is 12.4. The quantitative estimate of drug-likeness (QED) is 0.863. The molecule has 1 heterocycles. The van der Waals surface area contributed by atoms with E-state index in [0.717, 1.165) is 16.8 Å². The van der Waals surface area contributed by atoms with Crippen LogP contribution in [0.1, 0.15) is 22.9 Å². The number of hydrogen-bond acceptors (Lipinski definition) is 4. The number of H-pyrrole nitrogens is 1. The molecule has 0 aliphatic carbocycles. The van der Waals surface area contributed by atoms with E-state index in [1.165, 1.54) is 0 Å².